The first kappa shape index (κ1) is 16.2. The number of hydrogen-bond acceptors (Lipinski definition) is 2. The first-order valence-corrected chi connectivity index (χ1v) is 8.36. The Bertz CT molecular complexity index is 604. The molecule has 0 radical (unpaired) electrons. The highest BCUT2D eigenvalue weighted by molar-refractivity contribution is 9.10. The van der Waals surface area contributed by atoms with Gasteiger partial charge in [0.2, 0.25) is 0 Å². The van der Waals surface area contributed by atoms with Crippen LogP contribution < -0.4 is 5.32 Å². The number of nitrogens with zero attached hydrogens (tertiary/aromatic N) is 2. The molecule has 0 bridgehead atoms. The molecule has 0 aliphatic rings. The van der Waals surface area contributed by atoms with E-state index in [1.54, 1.807) is 0 Å². The lowest BCUT2D eigenvalue weighted by Gasteiger charge is -2.19. The summed E-state index contributed by atoms with van der Waals surface area (Å²) in [5.74, 6) is 0. The van der Waals surface area contributed by atoms with E-state index in [1.165, 1.54) is 16.8 Å². The van der Waals surface area contributed by atoms with Gasteiger partial charge in [0, 0.05) is 19.5 Å². The number of benzene rings is 1. The van der Waals surface area contributed by atoms with E-state index < -0.39 is 0 Å². The van der Waals surface area contributed by atoms with Crippen LogP contribution in [0.4, 0.5) is 0 Å². The van der Waals surface area contributed by atoms with Crippen LogP contribution in [0.2, 0.25) is 0 Å². The maximum Gasteiger partial charge on any atom is 0.0766 e. The largest absolute Gasteiger partial charge is 0.310 e. The normalized spacial score (nSPS) is 12.6. The van der Waals surface area contributed by atoms with Crippen LogP contribution in [-0.2, 0) is 19.9 Å². The van der Waals surface area contributed by atoms with Crippen molar-refractivity contribution in [3.63, 3.8) is 0 Å². The minimum Gasteiger partial charge on any atom is -0.310 e. The highest BCUT2D eigenvalue weighted by Gasteiger charge is 2.18. The Kier molecular flexibility index (Phi) is 5.59. The van der Waals surface area contributed by atoms with Crippen LogP contribution >= 0.6 is 15.9 Å². The molecule has 21 heavy (non-hydrogen) atoms. The summed E-state index contributed by atoms with van der Waals surface area (Å²) in [6.07, 6.45) is 1.88. The molecule has 1 heterocycles. The van der Waals surface area contributed by atoms with Crippen LogP contribution in [0.3, 0.4) is 0 Å². The molecule has 1 aromatic heterocycles. The fraction of sp³-hybridized carbons (Fsp3) is 0.471. The molecule has 1 atom stereocenters. The summed E-state index contributed by atoms with van der Waals surface area (Å²) < 4.78 is 3.16. The van der Waals surface area contributed by atoms with Gasteiger partial charge in [0.1, 0.15) is 0 Å². The van der Waals surface area contributed by atoms with E-state index in [4.69, 9.17) is 0 Å². The van der Waals surface area contributed by atoms with Gasteiger partial charge in [-0.05, 0) is 41.4 Å². The summed E-state index contributed by atoms with van der Waals surface area (Å²) in [6.45, 7) is 7.38. The summed E-state index contributed by atoms with van der Waals surface area (Å²) in [6, 6.07) is 9.04. The first-order valence-electron chi connectivity index (χ1n) is 7.57. The summed E-state index contributed by atoms with van der Waals surface area (Å²) in [7, 11) is 2.03. The lowest BCUT2D eigenvalue weighted by molar-refractivity contribution is 0.527. The predicted octanol–water partition coefficient (Wildman–Crippen LogP) is 3.95. The highest BCUT2D eigenvalue weighted by Crippen LogP contribution is 2.27. The quantitative estimate of drug-likeness (QED) is 0.855. The van der Waals surface area contributed by atoms with Gasteiger partial charge >= 0.3 is 0 Å². The topological polar surface area (TPSA) is 29.9 Å². The molecule has 0 fully saturated rings. The number of nitrogens with one attached hydrogen (secondary N) is 1. The number of likely N-dealkylation sites (N-methyl/N-ethyl adjacent to an activating group) is 1. The van der Waals surface area contributed by atoms with E-state index in [0.29, 0.717) is 6.04 Å². The van der Waals surface area contributed by atoms with Gasteiger partial charge in [-0.25, -0.2) is 0 Å². The van der Waals surface area contributed by atoms with Crippen molar-refractivity contribution in [2.24, 2.45) is 7.05 Å². The summed E-state index contributed by atoms with van der Waals surface area (Å²) in [4.78, 5) is 0. The maximum atomic E-state index is 4.60. The Morgan fingerprint density at radius 1 is 1.33 bits per heavy atom. The average Bonchev–Trinajstić information content (AvgIpc) is 2.74. The van der Waals surface area contributed by atoms with E-state index in [2.05, 4.69) is 71.4 Å². The third kappa shape index (κ3) is 3.74. The van der Waals surface area contributed by atoms with E-state index in [9.17, 15) is 0 Å². The van der Waals surface area contributed by atoms with Crippen molar-refractivity contribution in [2.45, 2.75) is 39.7 Å². The summed E-state index contributed by atoms with van der Waals surface area (Å²) >= 11 is 3.72. The number of halogens is 1. The van der Waals surface area contributed by atoms with Gasteiger partial charge in [0.05, 0.1) is 15.9 Å². The van der Waals surface area contributed by atoms with Crippen LogP contribution in [0.1, 0.15) is 42.4 Å². The van der Waals surface area contributed by atoms with Crippen LogP contribution in [0, 0.1) is 6.92 Å². The van der Waals surface area contributed by atoms with Gasteiger partial charge in [-0.2, -0.15) is 5.10 Å². The maximum absolute atomic E-state index is 4.60. The smallest absolute Gasteiger partial charge is 0.0766 e. The molecule has 1 aromatic carbocycles. The molecule has 0 spiro atoms. The third-order valence-corrected chi connectivity index (χ3v) is 4.71. The Balaban J connectivity index is 2.30. The Labute approximate surface area is 135 Å². The molecule has 2 aromatic rings. The lowest BCUT2D eigenvalue weighted by atomic mass is 10.00. The van der Waals surface area contributed by atoms with Crippen molar-refractivity contribution < 1.29 is 0 Å². The van der Waals surface area contributed by atoms with Crippen molar-refractivity contribution >= 4 is 15.9 Å². The molecule has 0 aliphatic heterocycles. The molecule has 0 aliphatic carbocycles. The van der Waals surface area contributed by atoms with Crippen LogP contribution in [0.15, 0.2) is 28.7 Å². The Morgan fingerprint density at radius 3 is 2.67 bits per heavy atom. The minimum absolute atomic E-state index is 0.311. The lowest BCUT2D eigenvalue weighted by Crippen LogP contribution is -2.24. The van der Waals surface area contributed by atoms with E-state index in [0.717, 1.165) is 29.6 Å². The second-order valence-corrected chi connectivity index (χ2v) is 6.21. The second-order valence-electron chi connectivity index (χ2n) is 5.41. The molecule has 4 heteroatoms. The van der Waals surface area contributed by atoms with Crippen molar-refractivity contribution in [1.29, 1.82) is 0 Å². The highest BCUT2D eigenvalue weighted by atomic mass is 79.9. The molecular formula is C17H24BrN3. The van der Waals surface area contributed by atoms with Gasteiger partial charge in [0.15, 0.2) is 0 Å². The Hall–Kier alpha value is -1.13. The number of rotatable bonds is 6. The molecule has 0 amide bonds. The van der Waals surface area contributed by atoms with Crippen molar-refractivity contribution in [3.05, 3.63) is 51.3 Å². The van der Waals surface area contributed by atoms with E-state index in [1.807, 2.05) is 11.7 Å². The predicted molar refractivity (Wildman–Crippen MR) is 91.6 cm³/mol. The molecule has 114 valence electrons. The zero-order chi connectivity index (χ0) is 15.4. The average molecular weight is 350 g/mol. The molecular weight excluding hydrogens is 326 g/mol. The molecule has 2 rings (SSSR count). The van der Waals surface area contributed by atoms with Crippen LogP contribution in [0.5, 0.6) is 0 Å². The molecule has 1 unspecified atom stereocenters. The standard InChI is InChI=1S/C17H24BrN3/c1-5-14-17(18)16(21(4)20-14)11-15(19-6-2)13-9-7-8-12(3)10-13/h7-10,15,19H,5-6,11H2,1-4H3. The SMILES string of the molecule is CCNC(Cc1c(Br)c(CC)nn1C)c1cccc(C)c1. The molecule has 0 saturated carbocycles. The Morgan fingerprint density at radius 2 is 2.10 bits per heavy atom. The summed E-state index contributed by atoms with van der Waals surface area (Å²) in [5, 5.41) is 8.19. The van der Waals surface area contributed by atoms with E-state index in [-0.39, 0.29) is 0 Å². The van der Waals surface area contributed by atoms with Gasteiger partial charge in [-0.3, -0.25) is 4.68 Å². The number of aromatic nitrogens is 2. The zero-order valence-electron chi connectivity index (χ0n) is 13.3. The van der Waals surface area contributed by atoms with Crippen LogP contribution in [-0.4, -0.2) is 16.3 Å². The van der Waals surface area contributed by atoms with E-state index >= 15 is 0 Å². The zero-order valence-corrected chi connectivity index (χ0v) is 14.9. The first-order chi connectivity index (χ1) is 10.1. The number of hydrogen-bond donors (Lipinski definition) is 1. The molecule has 1 N–H and O–H groups in total. The van der Waals surface area contributed by atoms with Crippen molar-refractivity contribution in [2.75, 3.05) is 6.54 Å². The van der Waals surface area contributed by atoms with Gasteiger partial charge < -0.3 is 5.32 Å². The van der Waals surface area contributed by atoms with Gasteiger partial charge in [-0.1, -0.05) is 43.7 Å². The third-order valence-electron chi connectivity index (χ3n) is 3.80. The van der Waals surface area contributed by atoms with Gasteiger partial charge in [0.25, 0.3) is 0 Å². The van der Waals surface area contributed by atoms with Crippen molar-refractivity contribution in [3.8, 4) is 0 Å². The number of aryl methyl sites for hydroxylation is 3. The monoisotopic (exact) mass is 349 g/mol. The second kappa shape index (κ2) is 7.23. The minimum atomic E-state index is 0.311. The van der Waals surface area contributed by atoms with Gasteiger partial charge in [-0.15, -0.1) is 0 Å². The summed E-state index contributed by atoms with van der Waals surface area (Å²) in [5.41, 5.74) is 5.02. The molecule has 0 saturated heterocycles. The fourth-order valence-electron chi connectivity index (χ4n) is 2.68. The molecule has 3 nitrogen and oxygen atoms in total. The van der Waals surface area contributed by atoms with Crippen molar-refractivity contribution in [1.82, 2.24) is 15.1 Å². The van der Waals surface area contributed by atoms with Crippen LogP contribution in [0.25, 0.3) is 0 Å². The fourth-order valence-corrected chi connectivity index (χ4v) is 3.45.